The molecule has 0 saturated carbocycles. The largest absolute Gasteiger partial charge is 0.376 e. The van der Waals surface area contributed by atoms with Gasteiger partial charge in [-0.2, -0.15) is 0 Å². The zero-order valence-electron chi connectivity index (χ0n) is 14.9. The fourth-order valence-electron chi connectivity index (χ4n) is 3.10. The number of ether oxygens (including phenoxy) is 2. The number of rotatable bonds is 5. The first kappa shape index (κ1) is 17.2. The topological polar surface area (TPSA) is 18.5 Å². The fourth-order valence-corrected chi connectivity index (χ4v) is 3.10. The zero-order valence-corrected chi connectivity index (χ0v) is 14.9. The number of hydrogen-bond acceptors (Lipinski definition) is 2. The lowest BCUT2D eigenvalue weighted by Crippen LogP contribution is -2.21. The minimum atomic E-state index is 0.134. The monoisotopic (exact) mass is 324 g/mol. The third-order valence-electron chi connectivity index (χ3n) is 4.73. The summed E-state index contributed by atoms with van der Waals surface area (Å²) in [6, 6.07) is 15.2. The van der Waals surface area contributed by atoms with E-state index in [4.69, 9.17) is 9.47 Å². The maximum Gasteiger partial charge on any atom is 0.106 e. The number of unbranched alkanes of at least 4 members (excludes halogenated alkanes) is 2. The molecular formula is C22H28O2. The van der Waals surface area contributed by atoms with Crippen molar-refractivity contribution >= 4 is 0 Å². The van der Waals surface area contributed by atoms with E-state index in [-0.39, 0.29) is 6.10 Å². The first-order valence-electron chi connectivity index (χ1n) is 9.17. The Hall–Kier alpha value is -1.64. The van der Waals surface area contributed by atoms with Crippen LogP contribution in [0.1, 0.15) is 49.0 Å². The van der Waals surface area contributed by atoms with Crippen LogP contribution in [-0.2, 0) is 15.9 Å². The van der Waals surface area contributed by atoms with Crippen LogP contribution in [0.5, 0.6) is 0 Å². The Morgan fingerprint density at radius 2 is 1.83 bits per heavy atom. The predicted octanol–water partition coefficient (Wildman–Crippen LogP) is 5.10. The van der Waals surface area contributed by atoms with Crippen LogP contribution in [0.25, 0.3) is 0 Å². The van der Waals surface area contributed by atoms with Crippen molar-refractivity contribution in [3.8, 4) is 0 Å². The van der Waals surface area contributed by atoms with E-state index >= 15 is 0 Å². The van der Waals surface area contributed by atoms with Gasteiger partial charge in [0.2, 0.25) is 0 Å². The van der Waals surface area contributed by atoms with Crippen LogP contribution in [0.3, 0.4) is 0 Å². The molecule has 1 aliphatic heterocycles. The van der Waals surface area contributed by atoms with Gasteiger partial charge in [0.05, 0.1) is 19.8 Å². The molecule has 1 unspecified atom stereocenters. The van der Waals surface area contributed by atoms with Gasteiger partial charge in [0.15, 0.2) is 0 Å². The molecule has 0 bridgehead atoms. The molecule has 1 atom stereocenters. The number of hydrogen-bond donors (Lipinski definition) is 0. The number of benzene rings is 2. The standard InChI is InChI=1S/C11H14O2.C11H14/c1-9-2-4-10(5-3-9)11-8-12-6-7-13-11;1-2-3-4-5-9-8-10-6-7-11(9)10/h2-5,11H,6-8H2,1H3;6-8H,2-5H2,1H3. The molecule has 3 aliphatic rings. The summed E-state index contributed by atoms with van der Waals surface area (Å²) in [6.07, 6.45) is 5.51. The van der Waals surface area contributed by atoms with E-state index in [0.717, 1.165) is 6.61 Å². The van der Waals surface area contributed by atoms with Gasteiger partial charge in [-0.05, 0) is 41.3 Å². The molecule has 1 aromatic carbocycles. The highest BCUT2D eigenvalue weighted by atomic mass is 16.6. The average molecular weight is 324 g/mol. The Balaban J connectivity index is 0.000000143. The zero-order chi connectivity index (χ0) is 16.8. The Morgan fingerprint density at radius 3 is 2.38 bits per heavy atom. The third kappa shape index (κ3) is 4.25. The molecule has 0 aromatic heterocycles. The van der Waals surface area contributed by atoms with E-state index in [1.165, 1.54) is 42.0 Å². The van der Waals surface area contributed by atoms with Gasteiger partial charge in [0.1, 0.15) is 6.10 Å². The van der Waals surface area contributed by atoms with Crippen molar-refractivity contribution < 1.29 is 9.47 Å². The molecule has 2 heteroatoms. The van der Waals surface area contributed by atoms with E-state index in [2.05, 4.69) is 56.3 Å². The summed E-state index contributed by atoms with van der Waals surface area (Å²) in [4.78, 5) is 0. The van der Waals surface area contributed by atoms with Crippen molar-refractivity contribution in [2.45, 2.75) is 45.6 Å². The summed E-state index contributed by atoms with van der Waals surface area (Å²) in [5, 5.41) is 3.03. The smallest absolute Gasteiger partial charge is 0.106 e. The van der Waals surface area contributed by atoms with E-state index in [1.54, 1.807) is 10.8 Å². The Morgan fingerprint density at radius 1 is 1.00 bits per heavy atom. The second-order valence-electron chi connectivity index (χ2n) is 6.67. The molecule has 1 heterocycles. The minimum absolute atomic E-state index is 0.134. The molecule has 1 saturated heterocycles. The second-order valence-corrected chi connectivity index (χ2v) is 6.67. The molecular weight excluding hydrogens is 296 g/mol. The van der Waals surface area contributed by atoms with E-state index in [1.807, 2.05) is 0 Å². The quantitative estimate of drug-likeness (QED) is 0.608. The van der Waals surface area contributed by atoms with Gasteiger partial charge in [0.25, 0.3) is 0 Å². The molecule has 0 spiro atoms. The van der Waals surface area contributed by atoms with Gasteiger partial charge < -0.3 is 9.47 Å². The maximum atomic E-state index is 5.58. The Kier molecular flexibility index (Phi) is 6.06. The van der Waals surface area contributed by atoms with Crippen molar-refractivity contribution in [2.75, 3.05) is 19.8 Å². The van der Waals surface area contributed by atoms with Gasteiger partial charge in [-0.15, -0.1) is 0 Å². The average Bonchev–Trinajstić information content (AvgIpc) is 2.61. The molecule has 0 N–H and O–H groups in total. The van der Waals surface area contributed by atoms with Crippen molar-refractivity contribution in [3.63, 3.8) is 0 Å². The molecule has 1 aromatic rings. The third-order valence-corrected chi connectivity index (χ3v) is 4.73. The Labute approximate surface area is 145 Å². The summed E-state index contributed by atoms with van der Waals surface area (Å²) < 4.78 is 10.9. The molecule has 2 aliphatic carbocycles. The molecule has 2 nitrogen and oxygen atoms in total. The van der Waals surface area contributed by atoms with E-state index < -0.39 is 0 Å². The highest BCUT2D eigenvalue weighted by Gasteiger charge is 2.15. The van der Waals surface area contributed by atoms with Crippen molar-refractivity contribution in [1.29, 1.82) is 0 Å². The lowest BCUT2D eigenvalue weighted by atomic mass is 9.95. The van der Waals surface area contributed by atoms with Crippen LogP contribution >= 0.6 is 0 Å². The fraction of sp³-hybridized carbons (Fsp3) is 0.455. The summed E-state index contributed by atoms with van der Waals surface area (Å²) in [5.74, 6) is 0. The first-order valence-corrected chi connectivity index (χ1v) is 9.17. The maximum absolute atomic E-state index is 5.58. The lowest BCUT2D eigenvalue weighted by Gasteiger charge is -2.23. The second kappa shape index (κ2) is 8.46. The first-order chi connectivity index (χ1) is 11.8. The van der Waals surface area contributed by atoms with E-state index in [0.29, 0.717) is 13.2 Å². The lowest BCUT2D eigenvalue weighted by molar-refractivity contribution is -0.0901. The SMILES string of the molecule is CCCCCc1cc2ccc1=2.Cc1ccc(C2COCCO2)cc1. The number of aryl methyl sites for hydroxylation is 2. The van der Waals surface area contributed by atoms with Crippen LogP contribution in [0.15, 0.2) is 42.5 Å². The van der Waals surface area contributed by atoms with Crippen molar-refractivity contribution in [2.24, 2.45) is 0 Å². The van der Waals surface area contributed by atoms with Gasteiger partial charge in [0, 0.05) is 0 Å². The molecule has 0 radical (unpaired) electrons. The minimum Gasteiger partial charge on any atom is -0.376 e. The molecule has 0 amide bonds. The van der Waals surface area contributed by atoms with Crippen molar-refractivity contribution in [3.05, 3.63) is 69.6 Å². The summed E-state index contributed by atoms with van der Waals surface area (Å²) in [7, 11) is 0. The van der Waals surface area contributed by atoms with E-state index in [9.17, 15) is 0 Å². The van der Waals surface area contributed by atoms with Crippen LogP contribution in [0, 0.1) is 17.4 Å². The summed E-state index contributed by atoms with van der Waals surface area (Å²) >= 11 is 0. The highest BCUT2D eigenvalue weighted by molar-refractivity contribution is 5.33. The van der Waals surface area contributed by atoms with Gasteiger partial charge in [-0.3, -0.25) is 0 Å². The molecule has 128 valence electrons. The summed E-state index contributed by atoms with van der Waals surface area (Å²) in [6.45, 7) is 6.45. The van der Waals surface area contributed by atoms with Crippen LogP contribution in [-0.4, -0.2) is 19.8 Å². The normalized spacial score (nSPS) is 17.8. The van der Waals surface area contributed by atoms with Crippen LogP contribution < -0.4 is 0 Å². The predicted molar refractivity (Wildman–Crippen MR) is 98.0 cm³/mol. The highest BCUT2D eigenvalue weighted by Crippen LogP contribution is 2.20. The van der Waals surface area contributed by atoms with Crippen LogP contribution in [0.4, 0.5) is 0 Å². The van der Waals surface area contributed by atoms with Crippen LogP contribution in [0.2, 0.25) is 0 Å². The van der Waals surface area contributed by atoms with Gasteiger partial charge in [-0.25, -0.2) is 0 Å². The molecule has 1 fully saturated rings. The van der Waals surface area contributed by atoms with Gasteiger partial charge in [-0.1, -0.05) is 67.8 Å². The molecule has 24 heavy (non-hydrogen) atoms. The molecule has 4 rings (SSSR count). The summed E-state index contributed by atoms with van der Waals surface area (Å²) in [5.41, 5.74) is 4.08. The van der Waals surface area contributed by atoms with Gasteiger partial charge >= 0.3 is 0 Å². The van der Waals surface area contributed by atoms with Crippen molar-refractivity contribution in [1.82, 2.24) is 0 Å². The Bertz CT molecular complexity index is 728.